The summed E-state index contributed by atoms with van der Waals surface area (Å²) in [6.45, 7) is 11.2. The van der Waals surface area contributed by atoms with E-state index in [0.717, 1.165) is 6.42 Å². The first-order valence-corrected chi connectivity index (χ1v) is 23.8. The lowest BCUT2D eigenvalue weighted by Crippen LogP contribution is -2.39. The zero-order chi connectivity index (χ0) is 42.1. The molecule has 316 valence electrons. The number of fused-ring (bicyclic) bond motifs is 2. The predicted molar refractivity (Wildman–Crippen MR) is 211 cm³/mol. The molecule has 5 heterocycles. The van der Waals surface area contributed by atoms with Gasteiger partial charge in [-0.2, -0.15) is 12.6 Å². The third-order valence-electron chi connectivity index (χ3n) is 8.55. The summed E-state index contributed by atoms with van der Waals surface area (Å²) in [5.41, 5.74) is 0. The highest BCUT2D eigenvalue weighted by atomic mass is 32.7. The summed E-state index contributed by atoms with van der Waals surface area (Å²) in [6.07, 6.45) is -3.70. The van der Waals surface area contributed by atoms with Gasteiger partial charge in [-0.15, -0.1) is 0 Å². The van der Waals surface area contributed by atoms with Gasteiger partial charge in [0.15, 0.2) is 6.80 Å². The Labute approximate surface area is 346 Å². The van der Waals surface area contributed by atoms with Crippen molar-refractivity contribution in [3.63, 3.8) is 0 Å². The van der Waals surface area contributed by atoms with E-state index in [1.165, 1.54) is 0 Å². The summed E-state index contributed by atoms with van der Waals surface area (Å²) in [7, 11) is 18.4. The molecule has 5 aliphatic rings. The van der Waals surface area contributed by atoms with Crippen LogP contribution in [-0.2, 0) is 60.6 Å². The quantitative estimate of drug-likeness (QED) is 0.133. The normalized spacial score (nSPS) is 40.7. The summed E-state index contributed by atoms with van der Waals surface area (Å²) >= 11 is 5.04. The Morgan fingerprint density at radius 2 is 1.36 bits per heavy atom. The fourth-order valence-electron chi connectivity index (χ4n) is 6.07. The maximum absolute atomic E-state index is 12.5. The lowest BCUT2D eigenvalue weighted by molar-refractivity contribution is -0.232. The minimum Gasteiger partial charge on any atom is -0.770 e. The highest BCUT2D eigenvalue weighted by Gasteiger charge is 2.49. The van der Waals surface area contributed by atoms with Crippen LogP contribution in [0, 0.1) is 0 Å². The van der Waals surface area contributed by atoms with E-state index in [4.69, 9.17) is 78.3 Å². The van der Waals surface area contributed by atoms with Crippen molar-refractivity contribution in [2.75, 3.05) is 26.4 Å². The van der Waals surface area contributed by atoms with Crippen LogP contribution < -0.4 is 9.79 Å². The first kappa shape index (κ1) is 51.2. The van der Waals surface area contributed by atoms with E-state index in [1.54, 1.807) is 13.8 Å². The van der Waals surface area contributed by atoms with Crippen molar-refractivity contribution in [2.45, 2.75) is 176 Å². The zero-order valence-corrected chi connectivity index (χ0v) is 36.8. The molecule has 5 rings (SSSR count). The topological polar surface area (TPSA) is 202 Å². The van der Waals surface area contributed by atoms with Gasteiger partial charge in [0.1, 0.15) is 68.0 Å². The summed E-state index contributed by atoms with van der Waals surface area (Å²) in [4.78, 5) is 23.7. The number of rotatable bonds is 15. The van der Waals surface area contributed by atoms with Crippen LogP contribution in [0.2, 0.25) is 0 Å². The minimum absolute atomic E-state index is 0.00516. The van der Waals surface area contributed by atoms with Crippen molar-refractivity contribution in [1.29, 1.82) is 0 Å². The second-order valence-corrected chi connectivity index (χ2v) is 21.0. The van der Waals surface area contributed by atoms with Gasteiger partial charge in [0, 0.05) is 34.5 Å². The number of aliphatic hydroxyl groups is 1. The Balaban J connectivity index is 0.000000251. The van der Waals surface area contributed by atoms with Gasteiger partial charge in [0.25, 0.3) is 7.82 Å². The van der Waals surface area contributed by atoms with Crippen LogP contribution in [0.3, 0.4) is 0 Å². The van der Waals surface area contributed by atoms with Gasteiger partial charge in [-0.1, -0.05) is 11.4 Å². The molecule has 5 saturated heterocycles. The lowest BCUT2D eigenvalue weighted by atomic mass is 9.93. The summed E-state index contributed by atoms with van der Waals surface area (Å²) < 4.78 is 82.1. The van der Waals surface area contributed by atoms with Crippen LogP contribution >= 0.6 is 38.6 Å². The molecule has 1 N–H and O–H groups in total. The predicted octanol–water partition coefficient (Wildman–Crippen LogP) is 0.880. The lowest BCUT2D eigenvalue weighted by Gasteiger charge is -2.30. The Morgan fingerprint density at radius 3 is 1.91 bits per heavy atom. The van der Waals surface area contributed by atoms with E-state index in [0.29, 0.717) is 24.4 Å². The number of phosphoric ester groups is 1. The maximum atomic E-state index is 12.5. The molecule has 5 aliphatic heterocycles. The largest absolute Gasteiger partial charge is 0.770 e. The van der Waals surface area contributed by atoms with E-state index < -0.39 is 80.6 Å². The van der Waals surface area contributed by atoms with Crippen LogP contribution in [0.4, 0.5) is 0 Å². The molecular weight excluding hydrogens is 810 g/mol. The first-order chi connectivity index (χ1) is 26.0. The van der Waals surface area contributed by atoms with Gasteiger partial charge in [0.05, 0.1) is 63.1 Å². The second kappa shape index (κ2) is 23.3. The fourth-order valence-corrected chi connectivity index (χ4v) is 10.7. The molecule has 0 amide bonds. The van der Waals surface area contributed by atoms with Gasteiger partial charge in [0.2, 0.25) is 0 Å². The standard InChI is InChI=1S/C16H29B2O8PS.C8H14BO6P.C8H15BO2S/c1-8(2)22-6-10-12(5-13(17)25-10)28-27(20,21)23-7-11-15(24-9(3)4)14(19)16(18)26-11;1-4(2)13-6-5-3-12-16(10,11)15-7(6)8(9)14-5;1-5(2)10-4-6-7(12)3-8(9)11-6/h8-16,19H,5-7H2,1-4H3,(H,20,21);4-8H,3H2,1-2H3,(H,10,11);5-8,12H,3-4H2,1-2H3/p-2/t10-,11-,12-,13-,14?,15+,16-;5-,6+,7?,8-;6-,7-,8-/m111/s1. The Morgan fingerprint density at radius 1 is 0.804 bits per heavy atom. The molecule has 0 aromatic carbocycles. The van der Waals surface area contributed by atoms with Gasteiger partial charge in [-0.05, 0) is 68.2 Å². The first-order valence-electron chi connectivity index (χ1n) is 18.8. The van der Waals surface area contributed by atoms with E-state index in [2.05, 4.69) is 17.2 Å². The molecule has 24 heteroatoms. The summed E-state index contributed by atoms with van der Waals surface area (Å²) in [5.74, 6) is 0. The molecule has 16 nitrogen and oxygen atoms in total. The molecular formula is C32H56B4O16P2S2-2. The number of hydrogen-bond donors (Lipinski definition) is 2. The number of aliphatic hydroxyl groups excluding tert-OH is 1. The Bertz CT molecular complexity index is 1270. The van der Waals surface area contributed by atoms with Crippen molar-refractivity contribution < 1.29 is 75.5 Å². The Kier molecular flexibility index (Phi) is 21.3. The third kappa shape index (κ3) is 17.0. The maximum Gasteiger partial charge on any atom is 0.268 e. The highest BCUT2D eigenvalue weighted by Crippen LogP contribution is 2.57. The number of ether oxygens (including phenoxy) is 8. The fraction of sp³-hybridized carbons (Fsp3) is 1.00. The third-order valence-corrected chi connectivity index (χ3v) is 13.5. The number of phosphoric acid groups is 1. The SMILES string of the molecule is [B][C@@H]1O[C@@H]2COP(=O)([O-])OC1[C@H]2OC(C)C.[B][C@@H]1O[C@H](COP(=O)([O-])S[C@@H]2C[C@H]([B])O[C@@H]2COC(C)C)[C@H](OC(C)C)C1O.[B][C@H]1C[C@@H](S)[C@@H](COC(C)C)O1. The van der Waals surface area contributed by atoms with Crippen molar-refractivity contribution in [1.82, 2.24) is 0 Å². The Hall–Kier alpha value is 0.860. The highest BCUT2D eigenvalue weighted by molar-refractivity contribution is 8.54. The van der Waals surface area contributed by atoms with Gasteiger partial charge in [-0.25, -0.2) is 0 Å². The van der Waals surface area contributed by atoms with Crippen molar-refractivity contribution in [3.05, 3.63) is 0 Å². The summed E-state index contributed by atoms with van der Waals surface area (Å²) in [6, 6.07) is -2.48. The van der Waals surface area contributed by atoms with Gasteiger partial charge >= 0.3 is 0 Å². The van der Waals surface area contributed by atoms with Crippen molar-refractivity contribution in [3.8, 4) is 0 Å². The smallest absolute Gasteiger partial charge is 0.268 e. The van der Waals surface area contributed by atoms with Crippen LogP contribution in [0.25, 0.3) is 0 Å². The van der Waals surface area contributed by atoms with Gasteiger partial charge in [-0.3, -0.25) is 9.13 Å². The van der Waals surface area contributed by atoms with Crippen LogP contribution in [0.15, 0.2) is 0 Å². The molecule has 8 radical (unpaired) electrons. The van der Waals surface area contributed by atoms with Gasteiger partial charge < -0.3 is 66.4 Å². The zero-order valence-electron chi connectivity index (χ0n) is 33.3. The molecule has 0 aromatic rings. The summed E-state index contributed by atoms with van der Waals surface area (Å²) in [5, 5.41) is 9.89. The molecule has 0 spiro atoms. The van der Waals surface area contributed by atoms with E-state index in [9.17, 15) is 24.0 Å². The van der Waals surface area contributed by atoms with E-state index in [1.807, 2.05) is 41.5 Å². The van der Waals surface area contributed by atoms with Crippen LogP contribution in [0.1, 0.15) is 68.2 Å². The molecule has 0 saturated carbocycles. The monoisotopic (exact) mass is 866 g/mol. The van der Waals surface area contributed by atoms with E-state index >= 15 is 0 Å². The molecule has 5 fully saturated rings. The van der Waals surface area contributed by atoms with Crippen molar-refractivity contribution >= 4 is 70.0 Å². The molecule has 0 aromatic heterocycles. The number of hydrogen-bond acceptors (Lipinski definition) is 18. The minimum atomic E-state index is -4.29. The molecule has 0 aliphatic carbocycles. The van der Waals surface area contributed by atoms with Crippen LogP contribution in [-0.4, -0.2) is 171 Å². The molecule has 2 bridgehead atoms. The van der Waals surface area contributed by atoms with E-state index in [-0.39, 0.29) is 61.6 Å². The van der Waals surface area contributed by atoms with Crippen LogP contribution in [0.5, 0.6) is 0 Å². The average molecular weight is 866 g/mol. The average Bonchev–Trinajstić information content (AvgIpc) is 3.74. The molecule has 16 atom stereocenters. The molecule has 4 unspecified atom stereocenters. The number of thiol groups is 1. The molecule has 56 heavy (non-hydrogen) atoms. The second-order valence-electron chi connectivity index (χ2n) is 15.0. The van der Waals surface area contributed by atoms with Crippen molar-refractivity contribution in [2.24, 2.45) is 0 Å².